The van der Waals surface area contributed by atoms with E-state index in [0.717, 1.165) is 17.0 Å². The molecule has 0 N–H and O–H groups in total. The normalized spacial score (nSPS) is 18.3. The lowest BCUT2D eigenvalue weighted by molar-refractivity contribution is -0.122. The van der Waals surface area contributed by atoms with Crippen molar-refractivity contribution in [1.82, 2.24) is 4.90 Å². The van der Waals surface area contributed by atoms with Gasteiger partial charge in [-0.25, -0.2) is 4.99 Å². The second-order valence-electron chi connectivity index (χ2n) is 5.69. The zero-order valence-electron chi connectivity index (χ0n) is 14.7. The third kappa shape index (κ3) is 4.53. The summed E-state index contributed by atoms with van der Waals surface area (Å²) in [7, 11) is 1.62. The Kier molecular flexibility index (Phi) is 6.09. The second kappa shape index (κ2) is 8.69. The van der Waals surface area contributed by atoms with Gasteiger partial charge in [0.1, 0.15) is 5.76 Å². The van der Waals surface area contributed by atoms with Crippen molar-refractivity contribution in [1.29, 1.82) is 0 Å². The summed E-state index contributed by atoms with van der Waals surface area (Å²) in [5.74, 6) is 0.693. The predicted molar refractivity (Wildman–Crippen MR) is 105 cm³/mol. The summed E-state index contributed by atoms with van der Waals surface area (Å²) >= 11 is 1.37. The van der Waals surface area contributed by atoms with Gasteiger partial charge in [-0.1, -0.05) is 18.2 Å². The molecule has 1 saturated heterocycles. The molecule has 1 aromatic carbocycles. The lowest BCUT2D eigenvalue weighted by atomic mass is 10.2. The highest BCUT2D eigenvalue weighted by molar-refractivity contribution is 8.18. The zero-order valence-corrected chi connectivity index (χ0v) is 15.5. The summed E-state index contributed by atoms with van der Waals surface area (Å²) in [4.78, 5) is 19.7. The van der Waals surface area contributed by atoms with E-state index >= 15 is 0 Å². The molecule has 3 rings (SSSR count). The average molecular weight is 368 g/mol. The number of allylic oxidation sites excluding steroid dienone is 2. The van der Waals surface area contributed by atoms with Crippen molar-refractivity contribution in [2.45, 2.75) is 6.92 Å². The molecule has 2 aromatic rings. The topological polar surface area (TPSA) is 55.0 Å². The van der Waals surface area contributed by atoms with E-state index in [1.165, 1.54) is 11.8 Å². The molecular formula is C20H20N2O3S. The van der Waals surface area contributed by atoms with Gasteiger partial charge in [0, 0.05) is 7.11 Å². The van der Waals surface area contributed by atoms with Crippen LogP contribution < -0.4 is 0 Å². The van der Waals surface area contributed by atoms with Crippen LogP contribution >= 0.6 is 11.8 Å². The standard InChI is InChI=1S/C20H20N2O3S/c1-15(13-17-9-6-11-25-17)14-18-19(23)22(10-12-24-2)20(26-18)21-16-7-4-3-5-8-16/h3-9,11,13-14H,10,12H2,1-2H3. The maximum atomic E-state index is 12.8. The molecule has 1 amide bonds. The molecule has 0 unspecified atom stereocenters. The van der Waals surface area contributed by atoms with E-state index in [1.807, 2.05) is 61.5 Å². The van der Waals surface area contributed by atoms with E-state index in [0.29, 0.717) is 23.2 Å². The summed E-state index contributed by atoms with van der Waals surface area (Å²) in [5.41, 5.74) is 1.75. The Morgan fingerprint density at radius 3 is 2.77 bits per heavy atom. The van der Waals surface area contributed by atoms with Crippen LogP contribution in [0.15, 0.2) is 74.7 Å². The lowest BCUT2D eigenvalue weighted by Crippen LogP contribution is -2.32. The number of carbonyl (C=O) groups is 1. The zero-order chi connectivity index (χ0) is 18.4. The number of para-hydroxylation sites is 1. The number of methoxy groups -OCH3 is 1. The van der Waals surface area contributed by atoms with Crippen LogP contribution in [0.3, 0.4) is 0 Å². The Balaban J connectivity index is 1.87. The number of rotatable bonds is 6. The Morgan fingerprint density at radius 1 is 1.27 bits per heavy atom. The minimum atomic E-state index is -0.0612. The molecule has 1 fully saturated rings. The van der Waals surface area contributed by atoms with Crippen molar-refractivity contribution < 1.29 is 13.9 Å². The molecule has 0 aliphatic carbocycles. The summed E-state index contributed by atoms with van der Waals surface area (Å²) in [6, 6.07) is 13.3. The molecule has 5 nitrogen and oxygen atoms in total. The molecule has 0 saturated carbocycles. The molecule has 1 aliphatic rings. The summed E-state index contributed by atoms with van der Waals surface area (Å²) < 4.78 is 10.5. The van der Waals surface area contributed by atoms with Crippen molar-refractivity contribution in [3.05, 3.63) is 71.0 Å². The van der Waals surface area contributed by atoms with Gasteiger partial charge in [0.2, 0.25) is 0 Å². The number of carbonyl (C=O) groups excluding carboxylic acids is 1. The van der Waals surface area contributed by atoms with Crippen LogP contribution in [0.4, 0.5) is 5.69 Å². The highest BCUT2D eigenvalue weighted by Crippen LogP contribution is 2.33. The van der Waals surface area contributed by atoms with Crippen LogP contribution in [0.2, 0.25) is 0 Å². The number of aliphatic imine (C=N–C) groups is 1. The maximum absolute atomic E-state index is 12.8. The van der Waals surface area contributed by atoms with Crippen molar-refractivity contribution in [3.63, 3.8) is 0 Å². The Labute approximate surface area is 157 Å². The quantitative estimate of drug-likeness (QED) is 0.706. The minimum Gasteiger partial charge on any atom is -0.465 e. The third-order valence-corrected chi connectivity index (χ3v) is 4.67. The number of benzene rings is 1. The first-order valence-corrected chi connectivity index (χ1v) is 9.05. The van der Waals surface area contributed by atoms with Gasteiger partial charge in [-0.15, -0.1) is 0 Å². The first kappa shape index (κ1) is 18.2. The largest absolute Gasteiger partial charge is 0.465 e. The average Bonchev–Trinajstić information content (AvgIpc) is 3.23. The van der Waals surface area contributed by atoms with E-state index in [4.69, 9.17) is 9.15 Å². The molecule has 0 spiro atoms. The van der Waals surface area contributed by atoms with Gasteiger partial charge in [0.15, 0.2) is 5.17 Å². The van der Waals surface area contributed by atoms with Gasteiger partial charge in [-0.05, 0) is 60.7 Å². The molecule has 134 valence electrons. The van der Waals surface area contributed by atoms with Crippen LogP contribution in [-0.4, -0.2) is 36.2 Å². The van der Waals surface area contributed by atoms with E-state index < -0.39 is 0 Å². The Bertz CT molecular complexity index is 839. The second-order valence-corrected chi connectivity index (χ2v) is 6.70. The molecule has 1 aliphatic heterocycles. The fraction of sp³-hybridized carbons (Fsp3) is 0.200. The first-order valence-electron chi connectivity index (χ1n) is 8.23. The van der Waals surface area contributed by atoms with Crippen LogP contribution in [0.25, 0.3) is 6.08 Å². The predicted octanol–water partition coefficient (Wildman–Crippen LogP) is 4.48. The van der Waals surface area contributed by atoms with Gasteiger partial charge >= 0.3 is 0 Å². The van der Waals surface area contributed by atoms with E-state index in [1.54, 1.807) is 18.3 Å². The fourth-order valence-electron chi connectivity index (χ4n) is 2.43. The monoisotopic (exact) mass is 368 g/mol. The number of hydrogen-bond acceptors (Lipinski definition) is 5. The molecular weight excluding hydrogens is 348 g/mol. The van der Waals surface area contributed by atoms with Gasteiger partial charge in [-0.3, -0.25) is 9.69 Å². The number of amides is 1. The maximum Gasteiger partial charge on any atom is 0.266 e. The fourth-order valence-corrected chi connectivity index (χ4v) is 3.50. The molecule has 2 heterocycles. The van der Waals surface area contributed by atoms with Crippen LogP contribution in [0, 0.1) is 0 Å². The summed E-state index contributed by atoms with van der Waals surface area (Å²) in [6.45, 7) is 2.86. The van der Waals surface area contributed by atoms with E-state index in [9.17, 15) is 4.79 Å². The highest BCUT2D eigenvalue weighted by atomic mass is 32.2. The smallest absolute Gasteiger partial charge is 0.266 e. The van der Waals surface area contributed by atoms with E-state index in [2.05, 4.69) is 4.99 Å². The molecule has 0 bridgehead atoms. The lowest BCUT2D eigenvalue weighted by Gasteiger charge is -2.14. The SMILES string of the molecule is COCCN1C(=O)C(=CC(C)=Cc2ccco2)SC1=Nc1ccccc1. The Morgan fingerprint density at radius 2 is 2.08 bits per heavy atom. The molecule has 26 heavy (non-hydrogen) atoms. The van der Waals surface area contributed by atoms with Crippen LogP contribution in [0.1, 0.15) is 12.7 Å². The number of hydrogen-bond donors (Lipinski definition) is 0. The van der Waals surface area contributed by atoms with Crippen molar-refractivity contribution in [2.75, 3.05) is 20.3 Å². The molecule has 1 aromatic heterocycles. The summed E-state index contributed by atoms with van der Waals surface area (Å²) in [5, 5.41) is 0.662. The number of nitrogens with zero attached hydrogens (tertiary/aromatic N) is 2. The van der Waals surface area contributed by atoms with Gasteiger partial charge in [0.05, 0.1) is 30.0 Å². The summed E-state index contributed by atoms with van der Waals surface area (Å²) in [6.07, 6.45) is 5.38. The number of furan rings is 1. The highest BCUT2D eigenvalue weighted by Gasteiger charge is 2.33. The molecule has 0 atom stereocenters. The molecule has 0 radical (unpaired) electrons. The minimum absolute atomic E-state index is 0.0612. The number of ether oxygens (including phenoxy) is 1. The first-order chi connectivity index (χ1) is 12.7. The van der Waals surface area contributed by atoms with Crippen molar-refractivity contribution in [2.24, 2.45) is 4.99 Å². The third-order valence-electron chi connectivity index (χ3n) is 3.66. The number of amidine groups is 1. The van der Waals surface area contributed by atoms with Crippen molar-refractivity contribution >= 4 is 34.6 Å². The van der Waals surface area contributed by atoms with Gasteiger partial charge in [0.25, 0.3) is 5.91 Å². The molecule has 6 heteroatoms. The van der Waals surface area contributed by atoms with Crippen LogP contribution in [0.5, 0.6) is 0 Å². The van der Waals surface area contributed by atoms with Gasteiger partial charge < -0.3 is 9.15 Å². The number of thioether (sulfide) groups is 1. The van der Waals surface area contributed by atoms with E-state index in [-0.39, 0.29) is 5.91 Å². The Hall–Kier alpha value is -2.57. The van der Waals surface area contributed by atoms with Crippen molar-refractivity contribution in [3.8, 4) is 0 Å². The van der Waals surface area contributed by atoms with Crippen LogP contribution in [-0.2, 0) is 9.53 Å². The van der Waals surface area contributed by atoms with Gasteiger partial charge in [-0.2, -0.15) is 0 Å².